The molecule has 0 saturated carbocycles. The number of nitrogens with one attached hydrogen (secondary N) is 2. The number of furan rings is 1. The number of amides is 2. The van der Waals surface area contributed by atoms with Crippen LogP contribution >= 0.6 is 0 Å². The molecule has 0 saturated heterocycles. The third-order valence-corrected chi connectivity index (χ3v) is 4.43. The summed E-state index contributed by atoms with van der Waals surface area (Å²) < 4.78 is 18.3. The quantitative estimate of drug-likeness (QED) is 0.464. The molecule has 4 aromatic rings. The molecule has 0 atom stereocenters. The van der Waals surface area contributed by atoms with Crippen LogP contribution in [-0.4, -0.2) is 11.8 Å². The van der Waals surface area contributed by atoms with Crippen LogP contribution < -0.4 is 10.6 Å². The number of hydrogen-bond acceptors (Lipinski definition) is 3. The van der Waals surface area contributed by atoms with E-state index in [4.69, 9.17) is 4.42 Å². The van der Waals surface area contributed by atoms with E-state index >= 15 is 0 Å². The Bertz CT molecular complexity index is 1230. The zero-order valence-electron chi connectivity index (χ0n) is 15.8. The first-order chi connectivity index (χ1) is 14.6. The van der Waals surface area contributed by atoms with Crippen LogP contribution in [0.15, 0.2) is 95.2 Å². The molecule has 4 rings (SSSR count). The summed E-state index contributed by atoms with van der Waals surface area (Å²) in [6.07, 6.45) is 2.84. The van der Waals surface area contributed by atoms with Crippen molar-refractivity contribution in [2.45, 2.75) is 0 Å². The lowest BCUT2D eigenvalue weighted by atomic mass is 10.1. The third kappa shape index (κ3) is 4.44. The first-order valence-electron chi connectivity index (χ1n) is 9.21. The van der Waals surface area contributed by atoms with E-state index in [-0.39, 0.29) is 11.5 Å². The largest absolute Gasteiger partial charge is 0.459 e. The highest BCUT2D eigenvalue weighted by Crippen LogP contribution is 2.19. The molecule has 1 aromatic heterocycles. The van der Waals surface area contributed by atoms with Gasteiger partial charge in [0, 0.05) is 5.69 Å². The minimum absolute atomic E-state index is 0.00355. The molecule has 0 unspecified atom stereocenters. The summed E-state index contributed by atoms with van der Waals surface area (Å²) in [5.74, 6) is -1.41. The van der Waals surface area contributed by atoms with Crippen molar-refractivity contribution in [3.63, 3.8) is 0 Å². The normalized spacial score (nSPS) is 11.3. The van der Waals surface area contributed by atoms with Crippen molar-refractivity contribution in [3.05, 3.63) is 108 Å². The van der Waals surface area contributed by atoms with Gasteiger partial charge in [0.25, 0.3) is 11.8 Å². The van der Waals surface area contributed by atoms with Gasteiger partial charge in [0.05, 0.1) is 6.26 Å². The summed E-state index contributed by atoms with van der Waals surface area (Å²) in [5.41, 5.74) is 1.13. The van der Waals surface area contributed by atoms with E-state index in [2.05, 4.69) is 10.6 Å². The number of anilines is 1. The van der Waals surface area contributed by atoms with Gasteiger partial charge < -0.3 is 15.1 Å². The Kier molecular flexibility index (Phi) is 5.39. The highest BCUT2D eigenvalue weighted by Gasteiger charge is 2.17. The number of halogens is 1. The Labute approximate surface area is 171 Å². The van der Waals surface area contributed by atoms with Crippen LogP contribution in [0.25, 0.3) is 16.8 Å². The molecule has 5 nitrogen and oxygen atoms in total. The molecule has 1 heterocycles. The fraction of sp³-hybridized carbons (Fsp3) is 0. The van der Waals surface area contributed by atoms with Gasteiger partial charge in [-0.1, -0.05) is 42.5 Å². The number of fused-ring (bicyclic) bond motifs is 1. The zero-order chi connectivity index (χ0) is 20.9. The number of hydrogen-bond donors (Lipinski definition) is 2. The predicted octanol–water partition coefficient (Wildman–Crippen LogP) is 4.98. The Hall–Kier alpha value is -4.19. The maximum Gasteiger partial charge on any atom is 0.291 e. The van der Waals surface area contributed by atoms with Gasteiger partial charge in [0.1, 0.15) is 11.5 Å². The SMILES string of the molecule is O=C(Nc1ccc2ccccc2c1)C(=Cc1ccc(F)cc1)NC(=O)c1ccco1. The van der Waals surface area contributed by atoms with E-state index in [0.717, 1.165) is 10.8 Å². The van der Waals surface area contributed by atoms with Gasteiger partial charge in [0.2, 0.25) is 0 Å². The standard InChI is InChI=1S/C24H17FN2O3/c25-19-10-7-16(8-11-19)14-21(27-24(29)22-6-3-13-30-22)23(28)26-20-12-9-17-4-1-2-5-18(17)15-20/h1-15H,(H,26,28)(H,27,29). The summed E-state index contributed by atoms with van der Waals surface area (Å²) in [6, 6.07) is 21.9. The number of benzene rings is 3. The lowest BCUT2D eigenvalue weighted by Gasteiger charge is -2.11. The molecule has 0 aliphatic rings. The molecule has 0 aliphatic carbocycles. The van der Waals surface area contributed by atoms with Crippen LogP contribution in [0.2, 0.25) is 0 Å². The van der Waals surface area contributed by atoms with Crippen molar-refractivity contribution >= 4 is 34.4 Å². The Balaban J connectivity index is 1.62. The molecule has 0 bridgehead atoms. The molecule has 3 aromatic carbocycles. The Morgan fingerprint density at radius 1 is 0.867 bits per heavy atom. The predicted molar refractivity (Wildman–Crippen MR) is 113 cm³/mol. The molecule has 0 aliphatic heterocycles. The van der Waals surface area contributed by atoms with E-state index < -0.39 is 17.6 Å². The van der Waals surface area contributed by atoms with Crippen LogP contribution in [-0.2, 0) is 4.79 Å². The second-order valence-corrected chi connectivity index (χ2v) is 6.56. The van der Waals surface area contributed by atoms with E-state index in [0.29, 0.717) is 11.3 Å². The highest BCUT2D eigenvalue weighted by molar-refractivity contribution is 6.10. The van der Waals surface area contributed by atoms with E-state index in [1.165, 1.54) is 42.7 Å². The molecule has 0 fully saturated rings. The molecular weight excluding hydrogens is 383 g/mol. The van der Waals surface area contributed by atoms with Crippen LogP contribution in [0.1, 0.15) is 16.1 Å². The maximum absolute atomic E-state index is 13.2. The van der Waals surface area contributed by atoms with E-state index in [9.17, 15) is 14.0 Å². The molecular formula is C24H17FN2O3. The van der Waals surface area contributed by atoms with Gasteiger partial charge in [-0.2, -0.15) is 0 Å². The van der Waals surface area contributed by atoms with Gasteiger partial charge in [0.15, 0.2) is 5.76 Å². The van der Waals surface area contributed by atoms with Gasteiger partial charge in [-0.3, -0.25) is 9.59 Å². The van der Waals surface area contributed by atoms with Crippen molar-refractivity contribution in [2.24, 2.45) is 0 Å². The van der Waals surface area contributed by atoms with Crippen molar-refractivity contribution in [1.82, 2.24) is 5.32 Å². The summed E-state index contributed by atoms with van der Waals surface area (Å²) in [6.45, 7) is 0. The van der Waals surface area contributed by atoms with Crippen LogP contribution in [0.3, 0.4) is 0 Å². The summed E-state index contributed by atoms with van der Waals surface area (Å²) in [5, 5.41) is 7.37. The summed E-state index contributed by atoms with van der Waals surface area (Å²) >= 11 is 0. The van der Waals surface area contributed by atoms with Crippen molar-refractivity contribution < 1.29 is 18.4 Å². The fourth-order valence-electron chi connectivity index (χ4n) is 2.94. The number of carbonyl (C=O) groups excluding carboxylic acids is 2. The monoisotopic (exact) mass is 400 g/mol. The Morgan fingerprint density at radius 2 is 1.63 bits per heavy atom. The lowest BCUT2D eigenvalue weighted by Crippen LogP contribution is -2.30. The topological polar surface area (TPSA) is 71.3 Å². The average Bonchev–Trinajstić information content (AvgIpc) is 3.30. The highest BCUT2D eigenvalue weighted by atomic mass is 19.1. The lowest BCUT2D eigenvalue weighted by molar-refractivity contribution is -0.113. The summed E-state index contributed by atoms with van der Waals surface area (Å²) in [7, 11) is 0. The zero-order valence-corrected chi connectivity index (χ0v) is 15.8. The van der Waals surface area contributed by atoms with E-state index in [1.807, 2.05) is 36.4 Å². The molecule has 6 heteroatoms. The van der Waals surface area contributed by atoms with Crippen molar-refractivity contribution in [2.75, 3.05) is 5.32 Å². The van der Waals surface area contributed by atoms with Gasteiger partial charge in [-0.05, 0) is 58.8 Å². The maximum atomic E-state index is 13.2. The molecule has 2 amide bonds. The first-order valence-corrected chi connectivity index (χ1v) is 9.21. The molecule has 0 spiro atoms. The summed E-state index contributed by atoms with van der Waals surface area (Å²) in [4.78, 5) is 25.3. The minimum atomic E-state index is -0.568. The second kappa shape index (κ2) is 8.45. The molecule has 30 heavy (non-hydrogen) atoms. The molecule has 148 valence electrons. The Morgan fingerprint density at radius 3 is 2.37 bits per heavy atom. The van der Waals surface area contributed by atoms with Crippen molar-refractivity contribution in [3.8, 4) is 0 Å². The third-order valence-electron chi connectivity index (χ3n) is 4.43. The van der Waals surface area contributed by atoms with Crippen LogP contribution in [0, 0.1) is 5.82 Å². The van der Waals surface area contributed by atoms with Crippen LogP contribution in [0.5, 0.6) is 0 Å². The number of carbonyl (C=O) groups is 2. The van der Waals surface area contributed by atoms with E-state index in [1.54, 1.807) is 12.1 Å². The molecule has 0 radical (unpaired) electrons. The number of rotatable bonds is 5. The van der Waals surface area contributed by atoms with Crippen LogP contribution in [0.4, 0.5) is 10.1 Å². The average molecular weight is 400 g/mol. The minimum Gasteiger partial charge on any atom is -0.459 e. The second-order valence-electron chi connectivity index (χ2n) is 6.56. The smallest absolute Gasteiger partial charge is 0.291 e. The van der Waals surface area contributed by atoms with Crippen molar-refractivity contribution in [1.29, 1.82) is 0 Å². The molecule has 2 N–H and O–H groups in total. The van der Waals surface area contributed by atoms with Gasteiger partial charge >= 0.3 is 0 Å². The fourth-order valence-corrected chi connectivity index (χ4v) is 2.94. The first kappa shape index (κ1) is 19.1. The van der Waals surface area contributed by atoms with Gasteiger partial charge in [-0.25, -0.2) is 4.39 Å². The van der Waals surface area contributed by atoms with Gasteiger partial charge in [-0.15, -0.1) is 0 Å².